The van der Waals surface area contributed by atoms with Crippen molar-refractivity contribution in [2.24, 2.45) is 5.92 Å². The van der Waals surface area contributed by atoms with Gasteiger partial charge in [0.25, 0.3) is 5.91 Å². The van der Waals surface area contributed by atoms with Gasteiger partial charge in [0.05, 0.1) is 0 Å². The first kappa shape index (κ1) is 10.2. The quantitative estimate of drug-likeness (QED) is 0.604. The van der Waals surface area contributed by atoms with Crippen LogP contribution in [0.5, 0.6) is 0 Å². The van der Waals surface area contributed by atoms with Crippen LogP contribution >= 0.6 is 0 Å². The first-order valence-corrected chi connectivity index (χ1v) is 4.96. The van der Waals surface area contributed by atoms with Gasteiger partial charge in [0, 0.05) is 19.0 Å². The van der Waals surface area contributed by atoms with Gasteiger partial charge in [0.1, 0.15) is 0 Å². The molecule has 0 N–H and O–H groups in total. The molecule has 0 spiro atoms. The molecule has 74 valence electrons. The predicted octanol–water partition coefficient (Wildman–Crippen LogP) is 1.22. The van der Waals surface area contributed by atoms with Gasteiger partial charge in [-0.25, -0.2) is 0 Å². The number of amides is 1. The van der Waals surface area contributed by atoms with E-state index in [9.17, 15) is 9.59 Å². The van der Waals surface area contributed by atoms with Crippen molar-refractivity contribution < 1.29 is 9.59 Å². The van der Waals surface area contributed by atoms with Crippen molar-refractivity contribution in [2.75, 3.05) is 13.1 Å². The molecule has 13 heavy (non-hydrogen) atoms. The maximum absolute atomic E-state index is 11.5. The van der Waals surface area contributed by atoms with Crippen LogP contribution in [0, 0.1) is 5.92 Å². The van der Waals surface area contributed by atoms with Crippen LogP contribution in [0.2, 0.25) is 0 Å². The zero-order chi connectivity index (χ0) is 9.84. The van der Waals surface area contributed by atoms with Crippen molar-refractivity contribution in [3.05, 3.63) is 0 Å². The highest BCUT2D eigenvalue weighted by Gasteiger charge is 2.24. The molecule has 1 saturated heterocycles. The maximum Gasteiger partial charge on any atom is 0.290 e. The minimum Gasteiger partial charge on any atom is -0.336 e. The molecule has 1 heterocycles. The Hall–Kier alpha value is -0.860. The molecule has 0 atom stereocenters. The summed E-state index contributed by atoms with van der Waals surface area (Å²) in [7, 11) is 0. The van der Waals surface area contributed by atoms with Crippen LogP contribution in [-0.4, -0.2) is 29.7 Å². The predicted molar refractivity (Wildman–Crippen MR) is 50.3 cm³/mol. The first-order chi connectivity index (χ1) is 6.13. The van der Waals surface area contributed by atoms with Gasteiger partial charge in [-0.05, 0) is 19.3 Å². The Morgan fingerprint density at radius 2 is 1.62 bits per heavy atom. The van der Waals surface area contributed by atoms with E-state index in [1.54, 1.807) is 18.7 Å². The van der Waals surface area contributed by atoms with E-state index >= 15 is 0 Å². The number of ketones is 1. The molecule has 3 heteroatoms. The smallest absolute Gasteiger partial charge is 0.290 e. The Kier molecular flexibility index (Phi) is 3.46. The van der Waals surface area contributed by atoms with Gasteiger partial charge in [-0.2, -0.15) is 0 Å². The summed E-state index contributed by atoms with van der Waals surface area (Å²) in [5.41, 5.74) is 0. The molecule has 1 rings (SSSR count). The molecule has 0 aliphatic carbocycles. The van der Waals surface area contributed by atoms with Crippen molar-refractivity contribution in [3.8, 4) is 0 Å². The zero-order valence-corrected chi connectivity index (χ0v) is 8.38. The number of Topliss-reactive ketones (excluding diaryl/α,β-unsaturated/α-hetero) is 1. The van der Waals surface area contributed by atoms with Gasteiger partial charge < -0.3 is 4.90 Å². The number of carbonyl (C=O) groups excluding carboxylic acids is 2. The first-order valence-electron chi connectivity index (χ1n) is 4.96. The summed E-state index contributed by atoms with van der Waals surface area (Å²) in [5.74, 6) is -0.703. The third-order valence-corrected chi connectivity index (χ3v) is 2.38. The Morgan fingerprint density at radius 1 is 1.08 bits per heavy atom. The molecule has 1 amide bonds. The van der Waals surface area contributed by atoms with Crippen LogP contribution in [-0.2, 0) is 9.59 Å². The summed E-state index contributed by atoms with van der Waals surface area (Å²) < 4.78 is 0. The van der Waals surface area contributed by atoms with E-state index in [0.717, 1.165) is 25.9 Å². The third-order valence-electron chi connectivity index (χ3n) is 2.38. The van der Waals surface area contributed by atoms with Crippen LogP contribution in [0.4, 0.5) is 0 Å². The summed E-state index contributed by atoms with van der Waals surface area (Å²) in [5, 5.41) is 0. The zero-order valence-electron chi connectivity index (χ0n) is 8.38. The molecule has 3 nitrogen and oxygen atoms in total. The number of piperidine rings is 1. The van der Waals surface area contributed by atoms with E-state index in [1.807, 2.05) is 0 Å². The number of hydrogen-bond donors (Lipinski definition) is 0. The van der Waals surface area contributed by atoms with E-state index in [0.29, 0.717) is 0 Å². The lowest BCUT2D eigenvalue weighted by Crippen LogP contribution is -2.41. The second kappa shape index (κ2) is 4.40. The van der Waals surface area contributed by atoms with Crippen molar-refractivity contribution in [1.29, 1.82) is 0 Å². The Balaban J connectivity index is 2.50. The van der Waals surface area contributed by atoms with Crippen LogP contribution in [0.25, 0.3) is 0 Å². The lowest BCUT2D eigenvalue weighted by Gasteiger charge is -2.26. The average molecular weight is 183 g/mol. The topological polar surface area (TPSA) is 37.4 Å². The van der Waals surface area contributed by atoms with Crippen LogP contribution in [0.1, 0.15) is 33.1 Å². The fourth-order valence-corrected chi connectivity index (χ4v) is 1.50. The van der Waals surface area contributed by atoms with Gasteiger partial charge in [-0.3, -0.25) is 9.59 Å². The number of carbonyl (C=O) groups is 2. The largest absolute Gasteiger partial charge is 0.336 e. The standard InChI is InChI=1S/C10H17NO2/c1-8(2)9(12)10(13)11-6-4-3-5-7-11/h8H,3-7H2,1-2H3. The van der Waals surface area contributed by atoms with Gasteiger partial charge in [-0.1, -0.05) is 13.8 Å². The van der Waals surface area contributed by atoms with E-state index in [1.165, 1.54) is 6.42 Å². The maximum atomic E-state index is 11.5. The minimum absolute atomic E-state index is 0.172. The van der Waals surface area contributed by atoms with Gasteiger partial charge in [0.15, 0.2) is 0 Å². The van der Waals surface area contributed by atoms with Crippen LogP contribution in [0.15, 0.2) is 0 Å². The normalized spacial score (nSPS) is 17.6. The average Bonchev–Trinajstić information content (AvgIpc) is 2.17. The van der Waals surface area contributed by atoms with Gasteiger partial charge in [-0.15, -0.1) is 0 Å². The van der Waals surface area contributed by atoms with Gasteiger partial charge >= 0.3 is 0 Å². The molecule has 0 aromatic carbocycles. The number of likely N-dealkylation sites (tertiary alicyclic amines) is 1. The minimum atomic E-state index is -0.283. The SMILES string of the molecule is CC(C)C(=O)C(=O)N1CCCCC1. The van der Waals surface area contributed by atoms with Crippen LogP contribution in [0.3, 0.4) is 0 Å². The van der Waals surface area contributed by atoms with Gasteiger partial charge in [0.2, 0.25) is 5.78 Å². The van der Waals surface area contributed by atoms with E-state index in [4.69, 9.17) is 0 Å². The highest BCUT2D eigenvalue weighted by molar-refractivity contribution is 6.36. The molecule has 1 aliphatic heterocycles. The summed E-state index contributed by atoms with van der Waals surface area (Å²) in [6.07, 6.45) is 3.26. The summed E-state index contributed by atoms with van der Waals surface area (Å²) >= 11 is 0. The lowest BCUT2D eigenvalue weighted by molar-refractivity contribution is -0.146. The summed E-state index contributed by atoms with van der Waals surface area (Å²) in [6.45, 7) is 5.06. The number of hydrogen-bond acceptors (Lipinski definition) is 2. The van der Waals surface area contributed by atoms with E-state index in [2.05, 4.69) is 0 Å². The third kappa shape index (κ3) is 2.54. The molecule has 1 aliphatic rings. The van der Waals surface area contributed by atoms with Crippen molar-refractivity contribution in [1.82, 2.24) is 4.90 Å². The molecular formula is C10H17NO2. The van der Waals surface area contributed by atoms with Crippen molar-refractivity contribution in [2.45, 2.75) is 33.1 Å². The molecule has 0 bridgehead atoms. The van der Waals surface area contributed by atoms with E-state index < -0.39 is 0 Å². The Bertz CT molecular complexity index is 205. The highest BCUT2D eigenvalue weighted by atomic mass is 16.2. The van der Waals surface area contributed by atoms with E-state index in [-0.39, 0.29) is 17.6 Å². The van der Waals surface area contributed by atoms with Crippen molar-refractivity contribution >= 4 is 11.7 Å². The summed E-state index contributed by atoms with van der Waals surface area (Å²) in [6, 6.07) is 0. The molecule has 0 radical (unpaired) electrons. The second-order valence-corrected chi connectivity index (χ2v) is 3.87. The Morgan fingerprint density at radius 3 is 2.08 bits per heavy atom. The molecule has 0 unspecified atom stereocenters. The van der Waals surface area contributed by atoms with Crippen molar-refractivity contribution in [3.63, 3.8) is 0 Å². The molecule has 1 fully saturated rings. The molecular weight excluding hydrogens is 166 g/mol. The lowest BCUT2D eigenvalue weighted by atomic mass is 10.1. The Labute approximate surface area is 79.1 Å². The van der Waals surface area contributed by atoms with Crippen LogP contribution < -0.4 is 0 Å². The molecule has 0 saturated carbocycles. The second-order valence-electron chi connectivity index (χ2n) is 3.87. The fourth-order valence-electron chi connectivity index (χ4n) is 1.50. The summed E-state index contributed by atoms with van der Waals surface area (Å²) in [4.78, 5) is 24.6. The molecule has 0 aromatic rings. The number of rotatable bonds is 2. The highest BCUT2D eigenvalue weighted by Crippen LogP contribution is 2.10. The molecule has 0 aromatic heterocycles. The number of nitrogens with zero attached hydrogens (tertiary/aromatic N) is 1. The monoisotopic (exact) mass is 183 g/mol. The fraction of sp³-hybridized carbons (Fsp3) is 0.800.